The van der Waals surface area contributed by atoms with E-state index in [1.807, 2.05) is 66.7 Å². The molecule has 9 aromatic rings. The van der Waals surface area contributed by atoms with Crippen molar-refractivity contribution < 1.29 is 9.15 Å². The molecule has 6 heteroatoms. The molecule has 0 atom stereocenters. The van der Waals surface area contributed by atoms with Gasteiger partial charge in [0.05, 0.1) is 16.9 Å². The largest absolute Gasteiger partial charge is 0.459 e. The summed E-state index contributed by atoms with van der Waals surface area (Å²) in [6.45, 7) is 0. The van der Waals surface area contributed by atoms with E-state index in [0.29, 0.717) is 17.5 Å². The number of rotatable bonds is 4. The molecule has 12 rings (SSSR count). The zero-order chi connectivity index (χ0) is 36.8. The molecule has 262 valence electrons. The van der Waals surface area contributed by atoms with E-state index in [1.54, 1.807) is 0 Å². The Kier molecular flexibility index (Phi) is 6.45. The third kappa shape index (κ3) is 4.23. The van der Waals surface area contributed by atoms with Crippen LogP contribution in [-0.4, -0.2) is 15.0 Å². The first-order valence-corrected chi connectivity index (χ1v) is 18.8. The third-order valence-electron chi connectivity index (χ3n) is 11.3. The van der Waals surface area contributed by atoms with Crippen LogP contribution in [0.3, 0.4) is 0 Å². The molecule has 0 amide bonds. The van der Waals surface area contributed by atoms with E-state index in [9.17, 15) is 0 Å². The molecular formula is C50H30N4O2. The SMILES string of the molecule is c1ccc(-c2nc(-c3ccccc3)nc(-c3ccc4c(c3)N(c3ccccc3)C3=C(O4)C4(c5ccccc5-c5ccccc54)c4oc5ccccc5c43)n2)cc1. The normalized spacial score (nSPS) is 14.2. The third-order valence-corrected chi connectivity index (χ3v) is 11.3. The minimum atomic E-state index is -0.816. The number of hydrogen-bond acceptors (Lipinski definition) is 6. The molecule has 2 aliphatic carbocycles. The fourth-order valence-corrected chi connectivity index (χ4v) is 8.93. The van der Waals surface area contributed by atoms with Gasteiger partial charge in [-0.25, -0.2) is 15.0 Å². The summed E-state index contributed by atoms with van der Waals surface area (Å²) in [5.74, 6) is 4.22. The van der Waals surface area contributed by atoms with Crippen molar-refractivity contribution in [2.75, 3.05) is 4.90 Å². The van der Waals surface area contributed by atoms with E-state index in [2.05, 4.69) is 120 Å². The average molecular weight is 719 g/mol. The molecule has 1 aliphatic heterocycles. The molecule has 3 heterocycles. The second-order valence-corrected chi connectivity index (χ2v) is 14.3. The van der Waals surface area contributed by atoms with Crippen LogP contribution in [0, 0.1) is 0 Å². The number of nitrogens with zero attached hydrogens (tertiary/aromatic N) is 4. The monoisotopic (exact) mass is 718 g/mol. The Labute approximate surface area is 322 Å². The predicted octanol–water partition coefficient (Wildman–Crippen LogP) is 11.8. The van der Waals surface area contributed by atoms with Crippen LogP contribution in [0.4, 0.5) is 11.4 Å². The standard InChI is InChI=1S/C50H30N4O2/c1-4-16-31(17-5-1)47-51-48(32-18-6-2-7-19-32)53-49(52-47)33-28-29-42-40(30-33)54(34-20-8-3-9-21-34)44-43-37-24-12-15-27-41(37)55-45(43)50(46(44)56-42)38-25-13-10-22-35(38)36-23-11-14-26-39(36)50/h1-30H. The molecule has 0 saturated carbocycles. The molecule has 56 heavy (non-hydrogen) atoms. The van der Waals surface area contributed by atoms with Gasteiger partial charge in [0.15, 0.2) is 29.0 Å². The zero-order valence-corrected chi connectivity index (χ0v) is 29.9. The molecule has 0 fully saturated rings. The highest BCUT2D eigenvalue weighted by Gasteiger charge is 2.60. The first-order valence-electron chi connectivity index (χ1n) is 18.8. The summed E-state index contributed by atoms with van der Waals surface area (Å²) >= 11 is 0. The summed E-state index contributed by atoms with van der Waals surface area (Å²) in [5, 5.41) is 1.04. The highest BCUT2D eigenvalue weighted by Crippen LogP contribution is 2.66. The highest BCUT2D eigenvalue weighted by molar-refractivity contribution is 6.08. The number of allylic oxidation sites excluding steroid dienone is 1. The Morgan fingerprint density at radius 1 is 0.482 bits per heavy atom. The molecule has 1 spiro atoms. The Morgan fingerprint density at radius 3 is 1.66 bits per heavy atom. The van der Waals surface area contributed by atoms with Crippen molar-refractivity contribution >= 4 is 28.0 Å². The number of aromatic nitrogens is 3. The summed E-state index contributed by atoms with van der Waals surface area (Å²) in [6, 6.07) is 62.6. The maximum absolute atomic E-state index is 7.35. The summed E-state index contributed by atoms with van der Waals surface area (Å²) < 4.78 is 14.4. The fourth-order valence-electron chi connectivity index (χ4n) is 8.93. The first kappa shape index (κ1) is 30.8. The molecule has 0 unspecified atom stereocenters. The molecule has 2 aromatic heterocycles. The second-order valence-electron chi connectivity index (χ2n) is 14.3. The maximum atomic E-state index is 7.35. The zero-order valence-electron chi connectivity index (χ0n) is 29.9. The van der Waals surface area contributed by atoms with E-state index in [1.165, 1.54) is 11.1 Å². The summed E-state index contributed by atoms with van der Waals surface area (Å²) in [4.78, 5) is 17.4. The summed E-state index contributed by atoms with van der Waals surface area (Å²) in [6.07, 6.45) is 0. The van der Waals surface area contributed by atoms with Crippen molar-refractivity contribution in [3.8, 4) is 51.0 Å². The molecule has 6 nitrogen and oxygen atoms in total. The van der Waals surface area contributed by atoms with E-state index in [4.69, 9.17) is 24.1 Å². The number of furan rings is 1. The number of fused-ring (bicyclic) bond motifs is 12. The Bertz CT molecular complexity index is 2960. The van der Waals surface area contributed by atoms with Crippen molar-refractivity contribution in [2.24, 2.45) is 0 Å². The molecule has 7 aromatic carbocycles. The van der Waals surface area contributed by atoms with Crippen molar-refractivity contribution in [1.82, 2.24) is 15.0 Å². The van der Waals surface area contributed by atoms with Gasteiger partial charge < -0.3 is 14.1 Å². The smallest absolute Gasteiger partial charge is 0.164 e. The first-order chi connectivity index (χ1) is 27.8. The quantitative estimate of drug-likeness (QED) is 0.180. The molecule has 0 bridgehead atoms. The number of anilines is 2. The van der Waals surface area contributed by atoms with E-state index >= 15 is 0 Å². The van der Waals surface area contributed by atoms with Gasteiger partial charge in [-0.3, -0.25) is 0 Å². The highest BCUT2D eigenvalue weighted by atomic mass is 16.5. The molecular weight excluding hydrogens is 689 g/mol. The van der Waals surface area contributed by atoms with Gasteiger partial charge in [-0.05, 0) is 58.7 Å². The summed E-state index contributed by atoms with van der Waals surface area (Å²) in [7, 11) is 0. The van der Waals surface area contributed by atoms with Crippen LogP contribution in [0.25, 0.3) is 62.0 Å². The van der Waals surface area contributed by atoms with Crippen LogP contribution in [0.1, 0.15) is 22.5 Å². The lowest BCUT2D eigenvalue weighted by atomic mass is 9.76. The van der Waals surface area contributed by atoms with Gasteiger partial charge in [-0.15, -0.1) is 0 Å². The van der Waals surface area contributed by atoms with Gasteiger partial charge in [0.1, 0.15) is 16.8 Å². The van der Waals surface area contributed by atoms with Crippen LogP contribution in [0.5, 0.6) is 5.75 Å². The van der Waals surface area contributed by atoms with E-state index in [0.717, 1.165) is 78.7 Å². The van der Waals surface area contributed by atoms with Crippen molar-refractivity contribution in [1.29, 1.82) is 0 Å². The van der Waals surface area contributed by atoms with Gasteiger partial charge in [0, 0.05) is 27.8 Å². The molecule has 0 N–H and O–H groups in total. The maximum Gasteiger partial charge on any atom is 0.164 e. The van der Waals surface area contributed by atoms with E-state index < -0.39 is 5.41 Å². The second kappa shape index (κ2) is 11.7. The molecule has 0 radical (unpaired) electrons. The number of ether oxygens (including phenoxy) is 1. The van der Waals surface area contributed by atoms with Crippen LogP contribution < -0.4 is 9.64 Å². The van der Waals surface area contributed by atoms with Gasteiger partial charge in [-0.2, -0.15) is 0 Å². The van der Waals surface area contributed by atoms with Gasteiger partial charge in [0.25, 0.3) is 0 Å². The van der Waals surface area contributed by atoms with Gasteiger partial charge in [0.2, 0.25) is 0 Å². The number of benzene rings is 7. The minimum Gasteiger partial charge on any atom is -0.459 e. The fraction of sp³-hybridized carbons (Fsp3) is 0.0200. The van der Waals surface area contributed by atoms with Crippen molar-refractivity contribution in [2.45, 2.75) is 5.41 Å². The lowest BCUT2D eigenvalue weighted by Crippen LogP contribution is -2.32. The van der Waals surface area contributed by atoms with Crippen molar-refractivity contribution in [3.63, 3.8) is 0 Å². The van der Waals surface area contributed by atoms with Gasteiger partial charge >= 0.3 is 0 Å². The lowest BCUT2D eigenvalue weighted by Gasteiger charge is -2.37. The number of para-hydroxylation sites is 2. The van der Waals surface area contributed by atoms with E-state index in [-0.39, 0.29) is 0 Å². The Morgan fingerprint density at radius 2 is 1.02 bits per heavy atom. The average Bonchev–Trinajstić information content (AvgIpc) is 3.90. The van der Waals surface area contributed by atoms with Crippen LogP contribution in [0.15, 0.2) is 192 Å². The minimum absolute atomic E-state index is 0.573. The molecule has 0 saturated heterocycles. The topological polar surface area (TPSA) is 64.3 Å². The van der Waals surface area contributed by atoms with Crippen LogP contribution in [0.2, 0.25) is 0 Å². The Hall–Kier alpha value is -7.57. The van der Waals surface area contributed by atoms with Crippen molar-refractivity contribution in [3.05, 3.63) is 210 Å². The number of hydrogen-bond donors (Lipinski definition) is 0. The lowest BCUT2D eigenvalue weighted by molar-refractivity contribution is 0.346. The Balaban J connectivity index is 1.13. The molecule has 3 aliphatic rings. The van der Waals surface area contributed by atoms with Crippen LogP contribution in [-0.2, 0) is 5.41 Å². The summed E-state index contributed by atoms with van der Waals surface area (Å²) in [5.41, 5.74) is 11.2. The predicted molar refractivity (Wildman–Crippen MR) is 220 cm³/mol. The van der Waals surface area contributed by atoms with Crippen LogP contribution >= 0.6 is 0 Å². The van der Waals surface area contributed by atoms with Gasteiger partial charge in [-0.1, -0.05) is 146 Å².